The highest BCUT2D eigenvalue weighted by atomic mass is 35.5. The van der Waals surface area contributed by atoms with E-state index in [1.807, 2.05) is 6.92 Å². The zero-order valence-electron chi connectivity index (χ0n) is 12.4. The van der Waals surface area contributed by atoms with Gasteiger partial charge in [0.2, 0.25) is 0 Å². The molecule has 0 radical (unpaired) electrons. The Morgan fingerprint density at radius 1 is 1.45 bits per heavy atom. The van der Waals surface area contributed by atoms with Gasteiger partial charge >= 0.3 is 0 Å². The van der Waals surface area contributed by atoms with E-state index in [0.29, 0.717) is 28.8 Å². The summed E-state index contributed by atoms with van der Waals surface area (Å²) in [6, 6.07) is 4.98. The SMILES string of the molecule is CCO[C@@H]1C[C@H](NC(=O)c2c(Cl)cccc2Cl)[C@]12CCCO2. The van der Waals surface area contributed by atoms with E-state index in [1.165, 1.54) is 0 Å². The highest BCUT2D eigenvalue weighted by Crippen LogP contribution is 2.45. The number of ether oxygens (including phenoxy) is 2. The molecule has 4 nitrogen and oxygen atoms in total. The van der Waals surface area contributed by atoms with Crippen LogP contribution < -0.4 is 5.32 Å². The van der Waals surface area contributed by atoms with E-state index in [-0.39, 0.29) is 23.7 Å². The minimum atomic E-state index is -0.389. The maximum absolute atomic E-state index is 12.5. The summed E-state index contributed by atoms with van der Waals surface area (Å²) >= 11 is 12.2. The van der Waals surface area contributed by atoms with Crippen LogP contribution in [-0.4, -0.2) is 36.9 Å². The number of amides is 1. The molecule has 3 rings (SSSR count). The van der Waals surface area contributed by atoms with Gasteiger partial charge in [-0.3, -0.25) is 4.79 Å². The Bertz CT molecular complexity index is 552. The van der Waals surface area contributed by atoms with Gasteiger partial charge in [-0.2, -0.15) is 0 Å². The van der Waals surface area contributed by atoms with Gasteiger partial charge in [0.25, 0.3) is 5.91 Å². The van der Waals surface area contributed by atoms with Crippen molar-refractivity contribution in [1.29, 1.82) is 0 Å². The molecular formula is C16H19Cl2NO3. The Hall–Kier alpha value is -0.810. The zero-order chi connectivity index (χ0) is 15.7. The summed E-state index contributed by atoms with van der Waals surface area (Å²) in [5.74, 6) is -0.259. The molecule has 1 saturated heterocycles. The number of halogens is 2. The van der Waals surface area contributed by atoms with Gasteiger partial charge in [-0.15, -0.1) is 0 Å². The topological polar surface area (TPSA) is 47.6 Å². The predicted octanol–water partition coefficient (Wildman–Crippen LogP) is 3.45. The minimum absolute atomic E-state index is 0.0482. The third-order valence-electron chi connectivity index (χ3n) is 4.53. The Morgan fingerprint density at radius 3 is 2.77 bits per heavy atom. The van der Waals surface area contributed by atoms with Gasteiger partial charge in [0.05, 0.1) is 27.8 Å². The molecule has 0 aromatic heterocycles. The monoisotopic (exact) mass is 343 g/mol. The summed E-state index contributed by atoms with van der Waals surface area (Å²) in [6.07, 6.45) is 2.69. The highest BCUT2D eigenvalue weighted by molar-refractivity contribution is 6.39. The molecule has 1 aromatic rings. The van der Waals surface area contributed by atoms with Crippen LogP contribution in [0.5, 0.6) is 0 Å². The summed E-state index contributed by atoms with van der Waals surface area (Å²) in [7, 11) is 0. The fraction of sp³-hybridized carbons (Fsp3) is 0.562. The smallest absolute Gasteiger partial charge is 0.254 e. The molecule has 3 atom stereocenters. The van der Waals surface area contributed by atoms with Gasteiger partial charge in [-0.05, 0) is 38.3 Å². The zero-order valence-corrected chi connectivity index (χ0v) is 13.9. The van der Waals surface area contributed by atoms with Crippen molar-refractivity contribution >= 4 is 29.1 Å². The molecule has 2 aliphatic rings. The van der Waals surface area contributed by atoms with Gasteiger partial charge in [0.1, 0.15) is 5.60 Å². The van der Waals surface area contributed by atoms with Crippen molar-refractivity contribution in [1.82, 2.24) is 5.32 Å². The van der Waals surface area contributed by atoms with E-state index in [4.69, 9.17) is 32.7 Å². The largest absolute Gasteiger partial charge is 0.375 e. The van der Waals surface area contributed by atoms with Gasteiger partial charge in [-0.25, -0.2) is 0 Å². The average molecular weight is 344 g/mol. The third-order valence-corrected chi connectivity index (χ3v) is 5.16. The Balaban J connectivity index is 1.75. The number of carbonyl (C=O) groups is 1. The van der Waals surface area contributed by atoms with Crippen molar-refractivity contribution in [3.05, 3.63) is 33.8 Å². The van der Waals surface area contributed by atoms with Crippen molar-refractivity contribution < 1.29 is 14.3 Å². The van der Waals surface area contributed by atoms with Crippen LogP contribution in [0.3, 0.4) is 0 Å². The molecule has 1 saturated carbocycles. The van der Waals surface area contributed by atoms with Gasteiger partial charge in [-0.1, -0.05) is 29.3 Å². The van der Waals surface area contributed by atoms with Crippen molar-refractivity contribution in [3.63, 3.8) is 0 Å². The molecule has 1 aliphatic heterocycles. The van der Waals surface area contributed by atoms with Gasteiger partial charge in [0.15, 0.2) is 0 Å². The maximum atomic E-state index is 12.5. The van der Waals surface area contributed by atoms with E-state index in [2.05, 4.69) is 5.32 Å². The second kappa shape index (κ2) is 6.36. The fourth-order valence-corrected chi connectivity index (χ4v) is 3.99. The van der Waals surface area contributed by atoms with Crippen LogP contribution in [0.4, 0.5) is 0 Å². The Morgan fingerprint density at radius 2 is 2.18 bits per heavy atom. The minimum Gasteiger partial charge on any atom is -0.375 e. The molecular weight excluding hydrogens is 325 g/mol. The molecule has 1 spiro atoms. The van der Waals surface area contributed by atoms with Crippen molar-refractivity contribution in [3.8, 4) is 0 Å². The molecule has 2 fully saturated rings. The summed E-state index contributed by atoms with van der Waals surface area (Å²) < 4.78 is 11.7. The lowest BCUT2D eigenvalue weighted by atomic mass is 9.70. The molecule has 1 amide bonds. The molecule has 120 valence electrons. The Labute approximate surface area is 140 Å². The van der Waals surface area contributed by atoms with Crippen LogP contribution >= 0.6 is 23.2 Å². The molecule has 0 unspecified atom stereocenters. The lowest BCUT2D eigenvalue weighted by molar-refractivity contribution is -0.194. The van der Waals surface area contributed by atoms with E-state index in [0.717, 1.165) is 19.3 Å². The lowest BCUT2D eigenvalue weighted by Crippen LogP contribution is -2.69. The van der Waals surface area contributed by atoms with Gasteiger partial charge in [0, 0.05) is 13.2 Å². The molecule has 0 bridgehead atoms. The summed E-state index contributed by atoms with van der Waals surface area (Å²) in [5, 5.41) is 3.73. The second-order valence-electron chi connectivity index (χ2n) is 5.71. The molecule has 1 aliphatic carbocycles. The first-order valence-corrected chi connectivity index (χ1v) is 8.34. The number of benzene rings is 1. The number of hydrogen-bond donors (Lipinski definition) is 1. The Kier molecular flexibility index (Phi) is 4.64. The van der Waals surface area contributed by atoms with Crippen LogP contribution in [0, 0.1) is 0 Å². The van der Waals surface area contributed by atoms with Crippen molar-refractivity contribution in [2.45, 2.75) is 43.9 Å². The lowest BCUT2D eigenvalue weighted by Gasteiger charge is -2.52. The molecule has 1 aromatic carbocycles. The number of hydrogen-bond acceptors (Lipinski definition) is 3. The molecule has 22 heavy (non-hydrogen) atoms. The molecule has 6 heteroatoms. The first-order chi connectivity index (χ1) is 10.6. The predicted molar refractivity (Wildman–Crippen MR) is 85.7 cm³/mol. The quantitative estimate of drug-likeness (QED) is 0.910. The fourth-order valence-electron chi connectivity index (χ4n) is 3.43. The highest BCUT2D eigenvalue weighted by Gasteiger charge is 2.59. The van der Waals surface area contributed by atoms with Crippen LogP contribution in [0.15, 0.2) is 18.2 Å². The number of rotatable bonds is 4. The summed E-state index contributed by atoms with van der Waals surface area (Å²) in [6.45, 7) is 3.33. The van der Waals surface area contributed by atoms with E-state index >= 15 is 0 Å². The van der Waals surface area contributed by atoms with Crippen LogP contribution in [0.1, 0.15) is 36.5 Å². The van der Waals surface area contributed by atoms with Crippen molar-refractivity contribution in [2.75, 3.05) is 13.2 Å². The third kappa shape index (κ3) is 2.62. The summed E-state index contributed by atoms with van der Waals surface area (Å²) in [4.78, 5) is 12.5. The second-order valence-corrected chi connectivity index (χ2v) is 6.52. The summed E-state index contributed by atoms with van der Waals surface area (Å²) in [5.41, 5.74) is -0.0711. The normalized spacial score (nSPS) is 30.3. The van der Waals surface area contributed by atoms with Crippen LogP contribution in [-0.2, 0) is 9.47 Å². The van der Waals surface area contributed by atoms with E-state index in [1.54, 1.807) is 18.2 Å². The van der Waals surface area contributed by atoms with Crippen LogP contribution in [0.25, 0.3) is 0 Å². The van der Waals surface area contributed by atoms with E-state index in [9.17, 15) is 4.79 Å². The molecule has 1 N–H and O–H groups in total. The van der Waals surface area contributed by atoms with E-state index < -0.39 is 0 Å². The number of carbonyl (C=O) groups excluding carboxylic acids is 1. The first kappa shape index (κ1) is 16.1. The number of nitrogens with one attached hydrogen (secondary N) is 1. The van der Waals surface area contributed by atoms with Gasteiger partial charge < -0.3 is 14.8 Å². The first-order valence-electron chi connectivity index (χ1n) is 7.59. The van der Waals surface area contributed by atoms with Crippen molar-refractivity contribution in [2.24, 2.45) is 0 Å². The molecule has 1 heterocycles. The average Bonchev–Trinajstić information content (AvgIpc) is 2.98. The van der Waals surface area contributed by atoms with Crippen LogP contribution in [0.2, 0.25) is 10.0 Å². The maximum Gasteiger partial charge on any atom is 0.254 e. The standard InChI is InChI=1S/C16H19Cl2NO3/c1-2-21-13-9-12(16(13)7-4-8-22-16)19-15(20)14-10(17)5-3-6-11(14)18/h3,5-6,12-13H,2,4,7-9H2,1H3,(H,19,20)/t12-,13+,16+/m0/s1.